The number of halogens is 1. The topological polar surface area (TPSA) is 94.3 Å². The molecule has 8 nitrogen and oxygen atoms in total. The van der Waals surface area contributed by atoms with Crippen molar-refractivity contribution in [1.82, 2.24) is 15.1 Å². The van der Waals surface area contributed by atoms with Crippen molar-refractivity contribution in [3.63, 3.8) is 0 Å². The lowest BCUT2D eigenvalue weighted by atomic mass is 10.2. The lowest BCUT2D eigenvalue weighted by Gasteiger charge is -2.36. The normalized spacial score (nSPS) is 18.8. The van der Waals surface area contributed by atoms with E-state index in [1.807, 2.05) is 4.90 Å². The number of urea groups is 1. The van der Waals surface area contributed by atoms with E-state index in [-0.39, 0.29) is 37.4 Å². The molecule has 2 aliphatic rings. The number of hydrogen-bond donors (Lipinski definition) is 2. The molecule has 2 fully saturated rings. The highest BCUT2D eigenvalue weighted by atomic mass is 19.1. The summed E-state index contributed by atoms with van der Waals surface area (Å²) in [6.45, 7) is 3.48. The van der Waals surface area contributed by atoms with Gasteiger partial charge in [-0.25, -0.2) is 9.18 Å². The number of imide groups is 1. The van der Waals surface area contributed by atoms with Gasteiger partial charge in [0, 0.05) is 31.9 Å². The Hall–Kier alpha value is -2.84. The third-order valence-corrected chi connectivity index (χ3v) is 4.33. The van der Waals surface area contributed by atoms with Crippen molar-refractivity contribution >= 4 is 23.6 Å². The molecule has 3 rings (SSSR count). The highest BCUT2D eigenvalue weighted by Gasteiger charge is 2.27. The minimum absolute atomic E-state index is 0.0450. The van der Waals surface area contributed by atoms with Gasteiger partial charge in [-0.15, -0.1) is 0 Å². The van der Waals surface area contributed by atoms with Gasteiger partial charge in [-0.2, -0.15) is 0 Å². The van der Waals surface area contributed by atoms with Gasteiger partial charge < -0.3 is 20.9 Å². The molecule has 0 spiro atoms. The molecule has 1 aromatic rings. The smallest absolute Gasteiger partial charge is 0.324 e. The summed E-state index contributed by atoms with van der Waals surface area (Å²) in [7, 11) is 0. The second-order valence-electron chi connectivity index (χ2n) is 5.89. The van der Waals surface area contributed by atoms with E-state index in [1.54, 1.807) is 12.1 Å². The fourth-order valence-corrected chi connectivity index (χ4v) is 2.89. The van der Waals surface area contributed by atoms with Gasteiger partial charge >= 0.3 is 6.03 Å². The van der Waals surface area contributed by atoms with Gasteiger partial charge in [0.15, 0.2) is 5.96 Å². The molecule has 0 atom stereocenters. The Balaban J connectivity index is 1.47. The average molecular weight is 348 g/mol. The van der Waals surface area contributed by atoms with Crippen LogP contribution in [0.5, 0.6) is 0 Å². The van der Waals surface area contributed by atoms with Crippen molar-refractivity contribution in [3.8, 4) is 0 Å². The molecule has 134 valence electrons. The average Bonchev–Trinajstić information content (AvgIpc) is 2.94. The number of nitrogens with zero attached hydrogens (tertiary/aromatic N) is 4. The summed E-state index contributed by atoms with van der Waals surface area (Å²) in [4.78, 5) is 32.4. The quantitative estimate of drug-likeness (QED) is 0.447. The molecule has 2 saturated heterocycles. The molecule has 0 saturated carbocycles. The number of hydrogen-bond acceptors (Lipinski definition) is 4. The standard InChI is InChI=1S/C16H21FN6O2/c17-12-1-3-13(4-2-12)21-7-9-22(10-8-21)15(18)19-5-6-23-14(24)11-20-16(23)25/h1-4H,5-11H2,(H2,18,19)(H,20,25). The first-order valence-electron chi connectivity index (χ1n) is 8.18. The van der Waals surface area contributed by atoms with Gasteiger partial charge in [-0.05, 0) is 24.3 Å². The van der Waals surface area contributed by atoms with Crippen molar-refractivity contribution in [2.24, 2.45) is 10.7 Å². The fraction of sp³-hybridized carbons (Fsp3) is 0.438. The van der Waals surface area contributed by atoms with Crippen LogP contribution in [-0.4, -0.2) is 73.5 Å². The van der Waals surface area contributed by atoms with E-state index in [2.05, 4.69) is 15.2 Å². The second-order valence-corrected chi connectivity index (χ2v) is 5.89. The van der Waals surface area contributed by atoms with E-state index < -0.39 is 0 Å². The van der Waals surface area contributed by atoms with Crippen molar-refractivity contribution in [3.05, 3.63) is 30.1 Å². The minimum atomic E-state index is -0.383. The van der Waals surface area contributed by atoms with E-state index >= 15 is 0 Å². The van der Waals surface area contributed by atoms with Crippen LogP contribution in [0, 0.1) is 5.82 Å². The van der Waals surface area contributed by atoms with Gasteiger partial charge in [0.1, 0.15) is 5.82 Å². The van der Waals surface area contributed by atoms with E-state index in [9.17, 15) is 14.0 Å². The van der Waals surface area contributed by atoms with Crippen LogP contribution in [0.4, 0.5) is 14.9 Å². The first-order chi connectivity index (χ1) is 12.0. The number of rotatable bonds is 4. The summed E-state index contributed by atoms with van der Waals surface area (Å²) < 4.78 is 13.0. The van der Waals surface area contributed by atoms with Crippen LogP contribution in [0.3, 0.4) is 0 Å². The van der Waals surface area contributed by atoms with Crippen LogP contribution in [0.15, 0.2) is 29.3 Å². The number of nitrogens with two attached hydrogens (primary N) is 1. The van der Waals surface area contributed by atoms with E-state index in [0.29, 0.717) is 19.0 Å². The van der Waals surface area contributed by atoms with Crippen LogP contribution in [0.2, 0.25) is 0 Å². The molecular weight excluding hydrogens is 327 g/mol. The molecule has 1 aromatic carbocycles. The summed E-state index contributed by atoms with van der Waals surface area (Å²) in [6.07, 6.45) is 0. The number of guanidine groups is 1. The molecule has 0 bridgehead atoms. The maximum Gasteiger partial charge on any atom is 0.324 e. The number of aliphatic imine (C=N–C) groups is 1. The van der Waals surface area contributed by atoms with Crippen molar-refractivity contribution in [1.29, 1.82) is 0 Å². The Bertz CT molecular complexity index is 654. The number of piperazine rings is 1. The lowest BCUT2D eigenvalue weighted by molar-refractivity contribution is -0.124. The Morgan fingerprint density at radius 1 is 1.16 bits per heavy atom. The molecule has 25 heavy (non-hydrogen) atoms. The van der Waals surface area contributed by atoms with Crippen molar-refractivity contribution in [2.75, 3.05) is 50.7 Å². The third kappa shape index (κ3) is 3.98. The molecule has 3 amide bonds. The van der Waals surface area contributed by atoms with Gasteiger partial charge in [0.25, 0.3) is 0 Å². The number of benzene rings is 1. The summed E-state index contributed by atoms with van der Waals surface area (Å²) in [5.41, 5.74) is 6.99. The van der Waals surface area contributed by atoms with E-state index in [0.717, 1.165) is 23.7 Å². The highest BCUT2D eigenvalue weighted by Crippen LogP contribution is 2.16. The van der Waals surface area contributed by atoms with Gasteiger partial charge in [0.05, 0.1) is 19.6 Å². The maximum atomic E-state index is 13.0. The third-order valence-electron chi connectivity index (χ3n) is 4.33. The molecular formula is C16H21FN6O2. The number of amides is 3. The summed E-state index contributed by atoms with van der Waals surface area (Å²) in [5, 5.41) is 2.46. The zero-order chi connectivity index (χ0) is 17.8. The monoisotopic (exact) mass is 348 g/mol. The van der Waals surface area contributed by atoms with Gasteiger partial charge in [-0.1, -0.05) is 0 Å². The van der Waals surface area contributed by atoms with E-state index in [4.69, 9.17) is 5.73 Å². The summed E-state index contributed by atoms with van der Waals surface area (Å²) in [5.74, 6) is -0.0820. The SMILES string of the molecule is NC(=NCCN1C(=O)CNC1=O)N1CCN(c2ccc(F)cc2)CC1. The first-order valence-corrected chi connectivity index (χ1v) is 8.18. The fourth-order valence-electron chi connectivity index (χ4n) is 2.89. The molecule has 0 radical (unpaired) electrons. The van der Waals surface area contributed by atoms with Crippen LogP contribution < -0.4 is 16.0 Å². The largest absolute Gasteiger partial charge is 0.370 e. The highest BCUT2D eigenvalue weighted by molar-refractivity contribution is 6.01. The molecule has 2 aliphatic heterocycles. The van der Waals surface area contributed by atoms with Crippen LogP contribution in [0.25, 0.3) is 0 Å². The Morgan fingerprint density at radius 3 is 2.44 bits per heavy atom. The molecule has 9 heteroatoms. The zero-order valence-electron chi connectivity index (χ0n) is 13.8. The molecule has 3 N–H and O–H groups in total. The zero-order valence-corrected chi connectivity index (χ0v) is 13.8. The van der Waals surface area contributed by atoms with Crippen LogP contribution >= 0.6 is 0 Å². The first kappa shape index (κ1) is 17.0. The number of anilines is 1. The number of nitrogens with one attached hydrogen (secondary N) is 1. The molecule has 0 unspecified atom stereocenters. The number of carbonyl (C=O) groups excluding carboxylic acids is 2. The van der Waals surface area contributed by atoms with Gasteiger partial charge in [-0.3, -0.25) is 14.7 Å². The van der Waals surface area contributed by atoms with Gasteiger partial charge in [0.2, 0.25) is 5.91 Å². The van der Waals surface area contributed by atoms with Crippen molar-refractivity contribution < 1.29 is 14.0 Å². The van der Waals surface area contributed by atoms with Crippen LogP contribution in [0.1, 0.15) is 0 Å². The summed E-state index contributed by atoms with van der Waals surface area (Å²) >= 11 is 0. The Labute approximate surface area is 145 Å². The molecule has 0 aliphatic carbocycles. The maximum absolute atomic E-state index is 13.0. The summed E-state index contributed by atoms with van der Waals surface area (Å²) in [6, 6.07) is 6.05. The number of carbonyl (C=O) groups is 2. The van der Waals surface area contributed by atoms with Crippen molar-refractivity contribution in [2.45, 2.75) is 0 Å². The van der Waals surface area contributed by atoms with Crippen LogP contribution in [-0.2, 0) is 4.79 Å². The Morgan fingerprint density at radius 2 is 1.84 bits per heavy atom. The minimum Gasteiger partial charge on any atom is -0.370 e. The second kappa shape index (κ2) is 7.37. The lowest BCUT2D eigenvalue weighted by Crippen LogP contribution is -2.51. The van der Waals surface area contributed by atoms with E-state index in [1.165, 1.54) is 12.1 Å². The predicted molar refractivity (Wildman–Crippen MR) is 91.8 cm³/mol. The predicted octanol–water partition coefficient (Wildman–Crippen LogP) is -0.186. The Kier molecular flexibility index (Phi) is 5.01. The molecule has 0 aromatic heterocycles. The molecule has 2 heterocycles.